The van der Waals surface area contributed by atoms with Crippen LogP contribution >= 0.6 is 15.9 Å². The minimum atomic E-state index is -1.28. The van der Waals surface area contributed by atoms with E-state index in [2.05, 4.69) is 30.3 Å². The van der Waals surface area contributed by atoms with Crippen LogP contribution in [0.1, 0.15) is 33.5 Å². The predicted molar refractivity (Wildman–Crippen MR) is 69.8 cm³/mol. The molecule has 1 aromatic rings. The molecule has 4 nitrogen and oxygen atoms in total. The minimum Gasteiger partial charge on any atom is -0.591 e. The lowest BCUT2D eigenvalue weighted by Gasteiger charge is -2.18. The standard InChI is InChI=1S/C10H14BrN3OS/c1-7(14-16(15)10(2,3)4)9-12-5-8(11)6-13-9/h5-6H,1-4H3/b14-7-. The fourth-order valence-corrected chi connectivity index (χ4v) is 1.61. The summed E-state index contributed by atoms with van der Waals surface area (Å²) in [5, 5.41) is 0. The first-order valence-corrected chi connectivity index (χ1v) is 6.66. The van der Waals surface area contributed by atoms with Gasteiger partial charge in [0.2, 0.25) is 0 Å². The van der Waals surface area contributed by atoms with Crippen LogP contribution in [0.15, 0.2) is 21.3 Å². The van der Waals surface area contributed by atoms with Crippen LogP contribution in [0.3, 0.4) is 0 Å². The Bertz CT molecular complexity index is 386. The van der Waals surface area contributed by atoms with Gasteiger partial charge in [-0.1, -0.05) is 4.40 Å². The van der Waals surface area contributed by atoms with Crippen LogP contribution in [-0.4, -0.2) is 25.0 Å². The summed E-state index contributed by atoms with van der Waals surface area (Å²) in [5.74, 6) is 0.501. The van der Waals surface area contributed by atoms with Crippen molar-refractivity contribution in [2.24, 2.45) is 4.40 Å². The second-order valence-electron chi connectivity index (χ2n) is 4.26. The summed E-state index contributed by atoms with van der Waals surface area (Å²) < 4.78 is 16.3. The van der Waals surface area contributed by atoms with Crippen molar-refractivity contribution in [1.82, 2.24) is 9.97 Å². The van der Waals surface area contributed by atoms with Crippen LogP contribution in [0.25, 0.3) is 0 Å². The van der Waals surface area contributed by atoms with E-state index >= 15 is 0 Å². The molecule has 1 rings (SSSR count). The van der Waals surface area contributed by atoms with Crippen molar-refractivity contribution in [1.29, 1.82) is 0 Å². The lowest BCUT2D eigenvalue weighted by Crippen LogP contribution is -2.27. The lowest BCUT2D eigenvalue weighted by molar-refractivity contribution is 0.561. The van der Waals surface area contributed by atoms with Crippen LogP contribution in [-0.2, 0) is 11.4 Å². The third-order valence-electron chi connectivity index (χ3n) is 1.69. The highest BCUT2D eigenvalue weighted by Crippen LogP contribution is 2.17. The van der Waals surface area contributed by atoms with Crippen LogP contribution in [0.2, 0.25) is 0 Å². The third kappa shape index (κ3) is 3.84. The highest BCUT2D eigenvalue weighted by Gasteiger charge is 2.27. The zero-order chi connectivity index (χ0) is 12.3. The van der Waals surface area contributed by atoms with Gasteiger partial charge in [-0.3, -0.25) is 0 Å². The van der Waals surface area contributed by atoms with Gasteiger partial charge in [0.15, 0.2) is 5.82 Å². The van der Waals surface area contributed by atoms with Gasteiger partial charge >= 0.3 is 0 Å². The van der Waals surface area contributed by atoms with E-state index in [1.54, 1.807) is 19.3 Å². The van der Waals surface area contributed by atoms with Crippen LogP contribution < -0.4 is 0 Å². The van der Waals surface area contributed by atoms with Gasteiger partial charge in [0, 0.05) is 12.4 Å². The molecule has 0 radical (unpaired) electrons. The monoisotopic (exact) mass is 303 g/mol. The van der Waals surface area contributed by atoms with Gasteiger partial charge in [-0.25, -0.2) is 9.97 Å². The Morgan fingerprint density at radius 1 is 1.38 bits per heavy atom. The van der Waals surface area contributed by atoms with E-state index in [9.17, 15) is 4.55 Å². The molecular weight excluding hydrogens is 290 g/mol. The fraction of sp³-hybridized carbons (Fsp3) is 0.500. The van der Waals surface area contributed by atoms with Crippen LogP contribution in [0.4, 0.5) is 0 Å². The number of hydrogen-bond donors (Lipinski definition) is 0. The molecule has 0 fully saturated rings. The van der Waals surface area contributed by atoms with Crippen molar-refractivity contribution in [3.8, 4) is 0 Å². The van der Waals surface area contributed by atoms with E-state index in [-0.39, 0.29) is 4.75 Å². The van der Waals surface area contributed by atoms with Gasteiger partial charge in [0.25, 0.3) is 0 Å². The normalized spacial score (nSPS) is 15.0. The Morgan fingerprint density at radius 3 is 2.31 bits per heavy atom. The molecule has 0 N–H and O–H groups in total. The summed E-state index contributed by atoms with van der Waals surface area (Å²) in [6, 6.07) is 0. The topological polar surface area (TPSA) is 61.2 Å². The van der Waals surface area contributed by atoms with Gasteiger partial charge in [0.1, 0.15) is 21.8 Å². The van der Waals surface area contributed by atoms with E-state index in [1.807, 2.05) is 20.8 Å². The fourth-order valence-electron chi connectivity index (χ4n) is 0.801. The number of halogens is 1. The van der Waals surface area contributed by atoms with Crippen molar-refractivity contribution in [2.75, 3.05) is 0 Å². The molecule has 0 saturated heterocycles. The average molecular weight is 304 g/mol. The molecule has 0 saturated carbocycles. The second kappa shape index (κ2) is 5.25. The van der Waals surface area contributed by atoms with E-state index < -0.39 is 11.4 Å². The minimum absolute atomic E-state index is 0.364. The molecule has 88 valence electrons. The molecule has 0 aliphatic carbocycles. The van der Waals surface area contributed by atoms with Crippen molar-refractivity contribution < 1.29 is 4.55 Å². The van der Waals surface area contributed by atoms with Gasteiger partial charge < -0.3 is 4.55 Å². The summed E-state index contributed by atoms with van der Waals surface area (Å²) in [5.41, 5.74) is 0.584. The Morgan fingerprint density at radius 2 is 1.88 bits per heavy atom. The highest BCUT2D eigenvalue weighted by molar-refractivity contribution is 9.10. The zero-order valence-electron chi connectivity index (χ0n) is 9.69. The largest absolute Gasteiger partial charge is 0.591 e. The van der Waals surface area contributed by atoms with Gasteiger partial charge in [-0.2, -0.15) is 0 Å². The number of rotatable bonds is 2. The molecule has 1 aromatic heterocycles. The molecule has 16 heavy (non-hydrogen) atoms. The molecular formula is C10H14BrN3OS. The van der Waals surface area contributed by atoms with Crippen molar-refractivity contribution in [3.05, 3.63) is 22.7 Å². The van der Waals surface area contributed by atoms with E-state index in [0.717, 1.165) is 4.47 Å². The Balaban J connectivity index is 2.89. The molecule has 0 aliphatic rings. The summed E-state index contributed by atoms with van der Waals surface area (Å²) >= 11 is 1.98. The first-order chi connectivity index (χ1) is 7.30. The maximum absolute atomic E-state index is 11.8. The van der Waals surface area contributed by atoms with Gasteiger partial charge in [-0.05, 0) is 43.6 Å². The van der Waals surface area contributed by atoms with E-state index in [1.165, 1.54) is 0 Å². The Hall–Kier alpha value is -0.460. The SMILES string of the molecule is C/C(=N/[S+]([O-])C(C)(C)C)c1ncc(Br)cn1. The first-order valence-electron chi connectivity index (χ1n) is 4.76. The van der Waals surface area contributed by atoms with E-state index in [4.69, 9.17) is 0 Å². The third-order valence-corrected chi connectivity index (χ3v) is 3.58. The molecule has 0 bridgehead atoms. The summed E-state index contributed by atoms with van der Waals surface area (Å²) in [6.07, 6.45) is 3.28. The zero-order valence-corrected chi connectivity index (χ0v) is 12.1. The van der Waals surface area contributed by atoms with Crippen LogP contribution in [0, 0.1) is 0 Å². The predicted octanol–water partition coefficient (Wildman–Crippen LogP) is 2.51. The quantitative estimate of drug-likeness (QED) is 0.623. The molecule has 1 atom stereocenters. The molecule has 0 aliphatic heterocycles. The van der Waals surface area contributed by atoms with Gasteiger partial charge in [0.05, 0.1) is 4.47 Å². The summed E-state index contributed by atoms with van der Waals surface area (Å²) in [4.78, 5) is 8.18. The molecule has 0 aromatic carbocycles. The number of nitrogens with zero attached hydrogens (tertiary/aromatic N) is 3. The smallest absolute Gasteiger partial charge is 0.178 e. The highest BCUT2D eigenvalue weighted by atomic mass is 79.9. The maximum Gasteiger partial charge on any atom is 0.178 e. The van der Waals surface area contributed by atoms with Crippen molar-refractivity contribution in [3.63, 3.8) is 0 Å². The maximum atomic E-state index is 11.8. The lowest BCUT2D eigenvalue weighted by atomic mass is 10.3. The first kappa shape index (κ1) is 13.6. The second-order valence-corrected chi connectivity index (χ2v) is 7.08. The molecule has 1 heterocycles. The number of hydrogen-bond acceptors (Lipinski definition) is 4. The van der Waals surface area contributed by atoms with Crippen molar-refractivity contribution >= 4 is 33.0 Å². The Kier molecular flexibility index (Phi) is 4.46. The van der Waals surface area contributed by atoms with Gasteiger partial charge in [-0.15, -0.1) is 0 Å². The molecule has 6 heteroatoms. The molecule has 0 amide bonds. The van der Waals surface area contributed by atoms with Crippen molar-refractivity contribution in [2.45, 2.75) is 32.4 Å². The van der Waals surface area contributed by atoms with E-state index in [0.29, 0.717) is 11.5 Å². The summed E-state index contributed by atoms with van der Waals surface area (Å²) in [7, 11) is 0. The van der Waals surface area contributed by atoms with Crippen LogP contribution in [0.5, 0.6) is 0 Å². The molecule has 1 unspecified atom stereocenters. The Labute approximate surface area is 107 Å². The number of aromatic nitrogens is 2. The summed E-state index contributed by atoms with van der Waals surface area (Å²) in [6.45, 7) is 7.39. The average Bonchev–Trinajstić information content (AvgIpc) is 2.17. The molecule has 0 spiro atoms.